The number of aromatic amines is 1. The first kappa shape index (κ1) is 15.8. The lowest BCUT2D eigenvalue weighted by Crippen LogP contribution is -2.41. The molecule has 0 spiro atoms. The molecular weight excluding hydrogens is 293 g/mol. The number of H-pyrrole nitrogens is 1. The van der Waals surface area contributed by atoms with Gasteiger partial charge >= 0.3 is 6.03 Å². The van der Waals surface area contributed by atoms with Crippen molar-refractivity contribution >= 4 is 16.9 Å². The lowest BCUT2D eigenvalue weighted by atomic mass is 9.89. The Balaban J connectivity index is 1.46. The van der Waals surface area contributed by atoms with Crippen LogP contribution >= 0.6 is 0 Å². The third-order valence-corrected chi connectivity index (χ3v) is 4.90. The zero-order chi connectivity index (χ0) is 16.3. The summed E-state index contributed by atoms with van der Waals surface area (Å²) < 4.78 is 13.3. The Bertz CT molecular complexity index is 689. The Morgan fingerprint density at radius 2 is 2.09 bits per heavy atom. The van der Waals surface area contributed by atoms with Crippen LogP contribution in [0.25, 0.3) is 10.9 Å². The summed E-state index contributed by atoms with van der Waals surface area (Å²) in [6.07, 6.45) is 7.45. The zero-order valence-corrected chi connectivity index (χ0v) is 13.5. The van der Waals surface area contributed by atoms with Gasteiger partial charge in [0.25, 0.3) is 0 Å². The molecule has 124 valence electrons. The first-order valence-electron chi connectivity index (χ1n) is 8.33. The minimum absolute atomic E-state index is 0.121. The van der Waals surface area contributed by atoms with Gasteiger partial charge in [-0.1, -0.05) is 19.8 Å². The predicted octanol–water partition coefficient (Wildman–Crippen LogP) is 3.73. The summed E-state index contributed by atoms with van der Waals surface area (Å²) in [6, 6.07) is 4.58. The molecule has 1 saturated carbocycles. The third kappa shape index (κ3) is 3.84. The number of halogens is 1. The molecule has 1 aromatic heterocycles. The number of amides is 2. The summed E-state index contributed by atoms with van der Waals surface area (Å²) in [5.41, 5.74) is 2.19. The van der Waals surface area contributed by atoms with Crippen molar-refractivity contribution in [1.82, 2.24) is 15.6 Å². The van der Waals surface area contributed by atoms with E-state index in [0.29, 0.717) is 13.0 Å². The molecule has 0 bridgehead atoms. The fourth-order valence-electron chi connectivity index (χ4n) is 3.43. The van der Waals surface area contributed by atoms with Crippen molar-refractivity contribution in [2.75, 3.05) is 13.1 Å². The van der Waals surface area contributed by atoms with Gasteiger partial charge in [0, 0.05) is 30.2 Å². The summed E-state index contributed by atoms with van der Waals surface area (Å²) in [5, 5.41) is 6.74. The topological polar surface area (TPSA) is 56.9 Å². The number of nitrogens with one attached hydrogen (secondary N) is 3. The van der Waals surface area contributed by atoms with Gasteiger partial charge in [-0.2, -0.15) is 0 Å². The van der Waals surface area contributed by atoms with E-state index in [1.54, 1.807) is 6.07 Å². The maximum Gasteiger partial charge on any atom is 0.314 e. The second-order valence-electron chi connectivity index (χ2n) is 6.88. The summed E-state index contributed by atoms with van der Waals surface area (Å²) in [7, 11) is 0. The highest BCUT2D eigenvalue weighted by atomic mass is 19.1. The summed E-state index contributed by atoms with van der Waals surface area (Å²) in [5.74, 6) is -0.242. The molecule has 4 nitrogen and oxygen atoms in total. The van der Waals surface area contributed by atoms with Gasteiger partial charge in [-0.25, -0.2) is 9.18 Å². The number of benzene rings is 1. The normalized spacial score (nSPS) is 16.6. The largest absolute Gasteiger partial charge is 0.361 e. The van der Waals surface area contributed by atoms with Crippen LogP contribution in [0.3, 0.4) is 0 Å². The van der Waals surface area contributed by atoms with Gasteiger partial charge in [0.15, 0.2) is 0 Å². The second kappa shape index (κ2) is 6.60. The molecule has 2 aromatic rings. The molecule has 2 amide bonds. The van der Waals surface area contributed by atoms with E-state index in [-0.39, 0.29) is 17.3 Å². The molecule has 3 rings (SSSR count). The Kier molecular flexibility index (Phi) is 4.55. The van der Waals surface area contributed by atoms with E-state index in [1.165, 1.54) is 37.8 Å². The zero-order valence-electron chi connectivity index (χ0n) is 13.5. The van der Waals surface area contributed by atoms with E-state index in [1.807, 2.05) is 6.20 Å². The molecule has 5 heteroatoms. The number of carbonyl (C=O) groups is 1. The molecule has 1 aromatic carbocycles. The summed E-state index contributed by atoms with van der Waals surface area (Å²) in [4.78, 5) is 15.0. The molecule has 1 fully saturated rings. The Hall–Kier alpha value is -2.04. The number of aromatic nitrogens is 1. The van der Waals surface area contributed by atoms with Crippen molar-refractivity contribution in [3.8, 4) is 0 Å². The maximum atomic E-state index is 13.3. The maximum absolute atomic E-state index is 13.3. The van der Waals surface area contributed by atoms with Crippen LogP contribution in [-0.2, 0) is 6.42 Å². The van der Waals surface area contributed by atoms with Gasteiger partial charge < -0.3 is 15.6 Å². The molecule has 1 aliphatic carbocycles. The third-order valence-electron chi connectivity index (χ3n) is 4.90. The van der Waals surface area contributed by atoms with Crippen LogP contribution in [0.4, 0.5) is 9.18 Å². The molecule has 1 aliphatic rings. The van der Waals surface area contributed by atoms with Crippen molar-refractivity contribution in [2.24, 2.45) is 5.41 Å². The first-order chi connectivity index (χ1) is 11.1. The second-order valence-corrected chi connectivity index (χ2v) is 6.88. The lowest BCUT2D eigenvalue weighted by molar-refractivity contribution is 0.232. The molecule has 1 heterocycles. The average molecular weight is 317 g/mol. The van der Waals surface area contributed by atoms with Crippen molar-refractivity contribution in [3.63, 3.8) is 0 Å². The molecular formula is C18H24FN3O. The van der Waals surface area contributed by atoms with Gasteiger partial charge in [-0.3, -0.25) is 0 Å². The Morgan fingerprint density at radius 3 is 2.87 bits per heavy atom. The first-order valence-corrected chi connectivity index (χ1v) is 8.33. The average Bonchev–Trinajstić information content (AvgIpc) is 3.13. The molecule has 0 unspecified atom stereocenters. The lowest BCUT2D eigenvalue weighted by Gasteiger charge is -2.23. The molecule has 3 N–H and O–H groups in total. The molecule has 0 atom stereocenters. The smallest absolute Gasteiger partial charge is 0.314 e. The summed E-state index contributed by atoms with van der Waals surface area (Å²) >= 11 is 0. The van der Waals surface area contributed by atoms with Crippen molar-refractivity contribution in [2.45, 2.75) is 39.0 Å². The van der Waals surface area contributed by atoms with Crippen molar-refractivity contribution in [1.29, 1.82) is 0 Å². The van der Waals surface area contributed by atoms with Crippen LogP contribution in [0.5, 0.6) is 0 Å². The van der Waals surface area contributed by atoms with Crippen LogP contribution < -0.4 is 10.6 Å². The number of rotatable bonds is 5. The van der Waals surface area contributed by atoms with Gasteiger partial charge in [0.2, 0.25) is 0 Å². The minimum Gasteiger partial charge on any atom is -0.361 e. The number of hydrogen-bond donors (Lipinski definition) is 3. The molecule has 0 saturated heterocycles. The van der Waals surface area contributed by atoms with Crippen LogP contribution in [0.2, 0.25) is 0 Å². The van der Waals surface area contributed by atoms with Crippen molar-refractivity contribution in [3.05, 3.63) is 35.8 Å². The quantitative estimate of drug-likeness (QED) is 0.773. The highest BCUT2D eigenvalue weighted by Gasteiger charge is 2.28. The van der Waals surface area contributed by atoms with Crippen molar-refractivity contribution < 1.29 is 9.18 Å². The van der Waals surface area contributed by atoms with Gasteiger partial charge in [0.1, 0.15) is 5.82 Å². The highest BCUT2D eigenvalue weighted by molar-refractivity contribution is 5.83. The van der Waals surface area contributed by atoms with E-state index in [0.717, 1.165) is 23.0 Å². The van der Waals surface area contributed by atoms with Crippen LogP contribution in [-0.4, -0.2) is 24.1 Å². The number of fused-ring (bicyclic) bond motifs is 1. The van der Waals surface area contributed by atoms with Crippen LogP contribution in [0.1, 0.15) is 38.2 Å². The summed E-state index contributed by atoms with van der Waals surface area (Å²) in [6.45, 7) is 3.50. The minimum atomic E-state index is -0.242. The monoisotopic (exact) mass is 317 g/mol. The molecule has 23 heavy (non-hydrogen) atoms. The van der Waals surface area contributed by atoms with E-state index in [4.69, 9.17) is 0 Å². The highest BCUT2D eigenvalue weighted by Crippen LogP contribution is 2.36. The SMILES string of the molecule is CC1(CNC(=O)NCCc2c[nH]c3ccc(F)cc23)CCCC1. The van der Waals surface area contributed by atoms with E-state index >= 15 is 0 Å². The Labute approximate surface area is 135 Å². The van der Waals surface area contributed by atoms with Gasteiger partial charge in [0.05, 0.1) is 0 Å². The number of carbonyl (C=O) groups excluding carboxylic acids is 1. The fraction of sp³-hybridized carbons (Fsp3) is 0.500. The van der Waals surface area contributed by atoms with E-state index in [2.05, 4.69) is 22.5 Å². The van der Waals surface area contributed by atoms with Crippen LogP contribution in [0, 0.1) is 11.2 Å². The standard InChI is InChI=1S/C18H24FN3O/c1-18(7-2-3-8-18)12-22-17(23)20-9-6-13-11-21-16-5-4-14(19)10-15(13)16/h4-5,10-11,21H,2-3,6-9,12H2,1H3,(H2,20,22,23). The fourth-order valence-corrected chi connectivity index (χ4v) is 3.43. The number of hydrogen-bond acceptors (Lipinski definition) is 1. The predicted molar refractivity (Wildman–Crippen MR) is 89.9 cm³/mol. The van der Waals surface area contributed by atoms with Crippen LogP contribution in [0.15, 0.2) is 24.4 Å². The van der Waals surface area contributed by atoms with E-state index < -0.39 is 0 Å². The van der Waals surface area contributed by atoms with Gasteiger partial charge in [-0.05, 0) is 48.4 Å². The molecule has 0 radical (unpaired) electrons. The van der Waals surface area contributed by atoms with Gasteiger partial charge in [-0.15, -0.1) is 0 Å². The number of urea groups is 1. The molecule has 0 aliphatic heterocycles. The van der Waals surface area contributed by atoms with E-state index in [9.17, 15) is 9.18 Å². The Morgan fingerprint density at radius 1 is 1.30 bits per heavy atom.